The highest BCUT2D eigenvalue weighted by atomic mass is 35.5. The summed E-state index contributed by atoms with van der Waals surface area (Å²) in [5.74, 6) is 0.348. The molecule has 2 amide bonds. The molecular formula is C23H26ClN5O2S. The molecule has 2 aromatic heterocycles. The van der Waals surface area contributed by atoms with Gasteiger partial charge in [0.2, 0.25) is 5.91 Å². The average molecular weight is 472 g/mol. The van der Waals surface area contributed by atoms with E-state index in [2.05, 4.69) is 20.8 Å². The van der Waals surface area contributed by atoms with Gasteiger partial charge < -0.3 is 15.5 Å². The van der Waals surface area contributed by atoms with E-state index in [-0.39, 0.29) is 17.7 Å². The maximum atomic E-state index is 13.4. The van der Waals surface area contributed by atoms with Gasteiger partial charge in [0, 0.05) is 29.5 Å². The molecule has 4 rings (SSSR count). The van der Waals surface area contributed by atoms with Gasteiger partial charge in [-0.15, -0.1) is 11.3 Å². The van der Waals surface area contributed by atoms with E-state index >= 15 is 0 Å². The van der Waals surface area contributed by atoms with Crippen molar-refractivity contribution in [2.75, 3.05) is 18.9 Å². The molecule has 0 aliphatic carbocycles. The molecule has 3 heterocycles. The Hall–Kier alpha value is -2.68. The molecule has 9 heteroatoms. The predicted octanol–water partition coefficient (Wildman–Crippen LogP) is 4.35. The van der Waals surface area contributed by atoms with Crippen LogP contribution < -0.4 is 10.6 Å². The molecule has 0 saturated heterocycles. The molecule has 0 spiro atoms. The molecule has 3 N–H and O–H groups in total. The van der Waals surface area contributed by atoms with Crippen LogP contribution >= 0.6 is 22.9 Å². The van der Waals surface area contributed by atoms with Gasteiger partial charge in [0.15, 0.2) is 5.82 Å². The summed E-state index contributed by atoms with van der Waals surface area (Å²) in [6.45, 7) is 5.06. The van der Waals surface area contributed by atoms with E-state index in [1.54, 1.807) is 6.07 Å². The number of rotatable bonds is 7. The Bertz CT molecular complexity index is 1110. The van der Waals surface area contributed by atoms with Crippen molar-refractivity contribution in [3.63, 3.8) is 0 Å². The van der Waals surface area contributed by atoms with Crippen molar-refractivity contribution in [3.05, 3.63) is 68.5 Å². The largest absolute Gasteiger partial charge is 0.327 e. The zero-order valence-electron chi connectivity index (χ0n) is 18.2. The number of nitrogens with one attached hydrogen (secondary N) is 3. The summed E-state index contributed by atoms with van der Waals surface area (Å²) in [4.78, 5) is 28.4. The minimum absolute atomic E-state index is 0.0237. The number of fused-ring (bicyclic) bond motifs is 1. The molecule has 0 fully saturated rings. The van der Waals surface area contributed by atoms with Crippen LogP contribution in [0.5, 0.6) is 0 Å². The number of amides is 2. The minimum Gasteiger partial charge on any atom is -0.327 e. The maximum Gasteiger partial charge on any atom is 0.266 e. The first-order chi connectivity index (χ1) is 15.3. The second-order valence-corrected chi connectivity index (χ2v) is 9.79. The summed E-state index contributed by atoms with van der Waals surface area (Å²) in [5, 5.41) is 16.0. The topological polar surface area (TPSA) is 90.1 Å². The van der Waals surface area contributed by atoms with Crippen LogP contribution in [-0.2, 0) is 16.9 Å². The summed E-state index contributed by atoms with van der Waals surface area (Å²) in [7, 11) is 1.88. The van der Waals surface area contributed by atoms with Gasteiger partial charge in [0.25, 0.3) is 5.91 Å². The number of halogens is 1. The normalized spacial score (nSPS) is 15.4. The van der Waals surface area contributed by atoms with Crippen LogP contribution in [0.4, 0.5) is 5.82 Å². The summed E-state index contributed by atoms with van der Waals surface area (Å²) in [6.07, 6.45) is 0.362. The third kappa shape index (κ3) is 4.30. The van der Waals surface area contributed by atoms with Gasteiger partial charge in [-0.1, -0.05) is 29.8 Å². The van der Waals surface area contributed by atoms with Crippen molar-refractivity contribution in [1.82, 2.24) is 20.4 Å². The van der Waals surface area contributed by atoms with E-state index in [1.165, 1.54) is 11.3 Å². The van der Waals surface area contributed by atoms with E-state index in [9.17, 15) is 9.59 Å². The Morgan fingerprint density at radius 3 is 2.69 bits per heavy atom. The van der Waals surface area contributed by atoms with Crippen LogP contribution in [-0.4, -0.2) is 40.5 Å². The average Bonchev–Trinajstić information content (AvgIpc) is 3.47. The van der Waals surface area contributed by atoms with Crippen molar-refractivity contribution in [2.24, 2.45) is 0 Å². The number of H-pyrrole nitrogens is 1. The smallest absolute Gasteiger partial charge is 0.266 e. The van der Waals surface area contributed by atoms with Crippen molar-refractivity contribution in [2.45, 2.75) is 38.3 Å². The van der Waals surface area contributed by atoms with E-state index in [0.29, 0.717) is 35.2 Å². The van der Waals surface area contributed by atoms with Crippen molar-refractivity contribution < 1.29 is 9.59 Å². The fourth-order valence-electron chi connectivity index (χ4n) is 4.21. The minimum atomic E-state index is -0.560. The number of anilines is 1. The predicted molar refractivity (Wildman–Crippen MR) is 127 cm³/mol. The Kier molecular flexibility index (Phi) is 6.37. The zero-order valence-corrected chi connectivity index (χ0v) is 19.8. The molecule has 32 heavy (non-hydrogen) atoms. The summed E-state index contributed by atoms with van der Waals surface area (Å²) < 4.78 is 0. The summed E-state index contributed by atoms with van der Waals surface area (Å²) in [6, 6.07) is 11.2. The molecular weight excluding hydrogens is 446 g/mol. The lowest BCUT2D eigenvalue weighted by atomic mass is 9.93. The first kappa shape index (κ1) is 22.5. The fraction of sp³-hybridized carbons (Fsp3) is 0.348. The molecule has 1 aliphatic heterocycles. The lowest BCUT2D eigenvalue weighted by Gasteiger charge is -2.33. The number of aromatic amines is 1. The third-order valence-corrected chi connectivity index (χ3v) is 7.08. The number of nitrogens with zero attached hydrogens (tertiary/aromatic N) is 2. The van der Waals surface area contributed by atoms with Gasteiger partial charge in [-0.3, -0.25) is 14.7 Å². The number of thiophene rings is 1. The zero-order chi connectivity index (χ0) is 22.9. The summed E-state index contributed by atoms with van der Waals surface area (Å²) >= 11 is 7.41. The third-order valence-electron chi connectivity index (χ3n) is 5.96. The first-order valence-corrected chi connectivity index (χ1v) is 11.7. The second-order valence-electron chi connectivity index (χ2n) is 8.41. The Morgan fingerprint density at radius 1 is 1.28 bits per heavy atom. The molecule has 7 nitrogen and oxygen atoms in total. The lowest BCUT2D eigenvalue weighted by molar-refractivity contribution is -0.137. The highest BCUT2D eigenvalue weighted by molar-refractivity contribution is 7.12. The molecule has 0 saturated carbocycles. The second kappa shape index (κ2) is 9.05. The number of hydrogen-bond acceptors (Lipinski definition) is 5. The van der Waals surface area contributed by atoms with Crippen LogP contribution in [0.2, 0.25) is 5.02 Å². The first-order valence-electron chi connectivity index (χ1n) is 10.4. The van der Waals surface area contributed by atoms with Gasteiger partial charge >= 0.3 is 0 Å². The van der Waals surface area contributed by atoms with E-state index in [0.717, 1.165) is 16.8 Å². The highest BCUT2D eigenvalue weighted by Crippen LogP contribution is 2.41. The molecule has 1 aliphatic rings. The molecule has 168 valence electrons. The highest BCUT2D eigenvalue weighted by Gasteiger charge is 2.44. The monoisotopic (exact) mass is 471 g/mol. The van der Waals surface area contributed by atoms with Crippen LogP contribution in [0.15, 0.2) is 41.8 Å². The number of likely N-dealkylation sites (N-methyl/N-ethyl adjacent to an activating group) is 1. The van der Waals surface area contributed by atoms with Crippen molar-refractivity contribution in [1.29, 1.82) is 0 Å². The maximum absolute atomic E-state index is 13.4. The SMILES string of the molecule is CNCC(CC(=O)N1Cc2c(NC(=O)c3cccs3)n[nH]c2C1(C)C)c1ccc(Cl)cc1. The van der Waals surface area contributed by atoms with Gasteiger partial charge in [0.05, 0.1) is 22.7 Å². The van der Waals surface area contributed by atoms with Gasteiger partial charge in [-0.25, -0.2) is 0 Å². The van der Waals surface area contributed by atoms with Crippen LogP contribution in [0, 0.1) is 0 Å². The number of benzene rings is 1. The van der Waals surface area contributed by atoms with Crippen molar-refractivity contribution in [3.8, 4) is 0 Å². The lowest BCUT2D eigenvalue weighted by Crippen LogP contribution is -2.41. The molecule has 0 radical (unpaired) electrons. The van der Waals surface area contributed by atoms with E-state index in [4.69, 9.17) is 11.6 Å². The number of carbonyl (C=O) groups is 2. The van der Waals surface area contributed by atoms with Gasteiger partial charge in [-0.05, 0) is 50.0 Å². The van der Waals surface area contributed by atoms with E-state index < -0.39 is 5.54 Å². The molecule has 1 unspecified atom stereocenters. The van der Waals surface area contributed by atoms with Crippen molar-refractivity contribution >= 4 is 40.6 Å². The fourth-order valence-corrected chi connectivity index (χ4v) is 4.95. The number of hydrogen-bond donors (Lipinski definition) is 3. The quantitative estimate of drug-likeness (QED) is 0.478. The number of aromatic nitrogens is 2. The molecule has 1 aromatic carbocycles. The summed E-state index contributed by atoms with van der Waals surface area (Å²) in [5.41, 5.74) is 2.21. The Balaban J connectivity index is 1.52. The van der Waals surface area contributed by atoms with Gasteiger partial charge in [-0.2, -0.15) is 5.10 Å². The molecule has 0 bridgehead atoms. The number of carbonyl (C=O) groups excluding carboxylic acids is 2. The molecule has 3 aromatic rings. The van der Waals surface area contributed by atoms with Crippen LogP contribution in [0.25, 0.3) is 0 Å². The van der Waals surface area contributed by atoms with Crippen LogP contribution in [0.1, 0.15) is 52.7 Å². The molecule has 1 atom stereocenters. The Labute approximate surface area is 196 Å². The standard InChI is InChI=1S/C23H26ClN5O2S/c1-23(2)20-17(21(28-27-20)26-22(31)18-5-4-10-32-18)13-29(23)19(30)11-15(12-25-3)14-6-8-16(24)9-7-14/h4-10,15,25H,11-13H2,1-3H3,(H2,26,27,28,31). The van der Waals surface area contributed by atoms with Crippen LogP contribution in [0.3, 0.4) is 0 Å². The van der Waals surface area contributed by atoms with Gasteiger partial charge in [0.1, 0.15) is 0 Å². The van der Waals surface area contributed by atoms with E-state index in [1.807, 2.05) is 61.5 Å². The Morgan fingerprint density at radius 2 is 2.03 bits per heavy atom.